The number of imidazole rings is 1. The summed E-state index contributed by atoms with van der Waals surface area (Å²) in [6.45, 7) is 8.39. The molecule has 0 radical (unpaired) electrons. The summed E-state index contributed by atoms with van der Waals surface area (Å²) < 4.78 is 0. The maximum absolute atomic E-state index is 15.0. The number of likely N-dealkylation sites (tertiary alicyclic amines) is 1. The number of likely N-dealkylation sites (N-methyl/N-ethyl adjacent to an activating group) is 1. The van der Waals surface area contributed by atoms with Crippen molar-refractivity contribution in [3.8, 4) is 18.1 Å². The largest absolute Gasteiger partial charge is 0.508 e. The molecule has 4 unspecified atom stereocenters. The Bertz CT molecular complexity index is 2570. The van der Waals surface area contributed by atoms with Crippen LogP contribution < -0.4 is 43.0 Å². The van der Waals surface area contributed by atoms with E-state index in [1.165, 1.54) is 36.5 Å². The second kappa shape index (κ2) is 22.7. The molecule has 1 aromatic heterocycles. The van der Waals surface area contributed by atoms with E-state index in [0.717, 1.165) is 0 Å². The number of benzene rings is 1. The number of carbonyl (C=O) groups excluding carboxylic acids is 8. The van der Waals surface area contributed by atoms with Gasteiger partial charge in [0.1, 0.15) is 51.6 Å². The van der Waals surface area contributed by atoms with Crippen LogP contribution in [-0.2, 0) is 38.4 Å². The molecular weight excluding hydrogens is 961 g/mol. The summed E-state index contributed by atoms with van der Waals surface area (Å²) in [5.41, 5.74) is 2.00. The standard InChI is InChI=1S/C49H68N14O11/c1-9-27(5)39(42(69)59-49(22-33(49)35-23-51-25-53-35)45(72)62-19-11-12-36(62)40(67)54-34(10-2)28(6)64)56-44(71)48(21-32(48)29-13-15-31(65)16-14-29)58-41(68)38(26(3)4)55-43(70)47(57-37(66)24-61(7)8)20-30(47)17-18-52-46(50)60-63(73)74/h2,13-16,23,25-27,30,32-34,36,38-39,65H,9,11-12,17-22,24H2,1,3-8H3,(H,51,53)(H,54,67)(H,55,70)(H,56,71)(H,57,66)(H,58,68)(H,59,69)(H3,50,52,60)/t27?,30-,32+,33+,34+,36-,38-,39-,47?,48?,49?/m0/s1. The van der Waals surface area contributed by atoms with Crippen molar-refractivity contribution in [1.29, 1.82) is 0 Å². The second-order valence-electron chi connectivity index (χ2n) is 20.5. The van der Waals surface area contributed by atoms with Crippen LogP contribution in [0, 0.1) is 40.2 Å². The molecule has 1 aromatic carbocycles. The fourth-order valence-corrected chi connectivity index (χ4v) is 9.99. The Balaban J connectivity index is 1.25. The highest BCUT2D eigenvalue weighted by Crippen LogP contribution is 2.54. The quantitative estimate of drug-likeness (QED) is 0.0194. The number of terminal acetylenes is 1. The number of carbonyl (C=O) groups is 8. The summed E-state index contributed by atoms with van der Waals surface area (Å²) in [6.07, 6.45) is 10.2. The van der Waals surface area contributed by atoms with Crippen LogP contribution in [0.25, 0.3) is 0 Å². The lowest BCUT2D eigenvalue weighted by atomic mass is 9.95. The first-order chi connectivity index (χ1) is 34.9. The van der Waals surface area contributed by atoms with Crippen LogP contribution in [0.4, 0.5) is 0 Å². The van der Waals surface area contributed by atoms with Gasteiger partial charge in [0.05, 0.1) is 12.9 Å². The Morgan fingerprint density at radius 1 is 0.959 bits per heavy atom. The third-order valence-corrected chi connectivity index (χ3v) is 14.6. The van der Waals surface area contributed by atoms with E-state index in [1.54, 1.807) is 51.9 Å². The summed E-state index contributed by atoms with van der Waals surface area (Å²) in [6, 6.07) is 1.38. The maximum Gasteiger partial charge on any atom is 0.266 e. The van der Waals surface area contributed by atoms with E-state index in [0.29, 0.717) is 24.1 Å². The van der Waals surface area contributed by atoms with Gasteiger partial charge in [-0.15, -0.1) is 6.42 Å². The van der Waals surface area contributed by atoms with Gasteiger partial charge < -0.3 is 62.8 Å². The van der Waals surface area contributed by atoms with Gasteiger partial charge in [0.25, 0.3) is 5.96 Å². The Morgan fingerprint density at radius 2 is 1.59 bits per heavy atom. The number of phenolic OH excluding ortho intramolecular Hbond substituents is 1. The first-order valence-electron chi connectivity index (χ1n) is 24.7. The van der Waals surface area contributed by atoms with Crippen LogP contribution in [0.1, 0.15) is 103 Å². The van der Waals surface area contributed by atoms with Gasteiger partial charge in [0.2, 0.25) is 41.4 Å². The number of ketones is 1. The highest BCUT2D eigenvalue weighted by molar-refractivity contribution is 6.04. The summed E-state index contributed by atoms with van der Waals surface area (Å²) in [7, 11) is 3.36. The molecule has 7 amide bonds. The number of nitrogens with zero attached hydrogens (tertiary/aromatic N) is 5. The van der Waals surface area contributed by atoms with E-state index in [-0.39, 0.29) is 57.5 Å². The Kier molecular flexibility index (Phi) is 17.0. The van der Waals surface area contributed by atoms with Gasteiger partial charge in [-0.05, 0) is 95.0 Å². The zero-order valence-electron chi connectivity index (χ0n) is 42.7. The molecule has 6 rings (SSSR count). The first kappa shape index (κ1) is 55.7. The lowest BCUT2D eigenvalue weighted by Crippen LogP contribution is -2.63. The van der Waals surface area contributed by atoms with Gasteiger partial charge in [-0.3, -0.25) is 38.4 Å². The lowest BCUT2D eigenvalue weighted by molar-refractivity contribution is -0.485. The molecule has 2 aromatic rings. The minimum absolute atomic E-state index is 0.0378. The van der Waals surface area contributed by atoms with E-state index in [2.05, 4.69) is 58.2 Å². The average molecular weight is 1030 g/mol. The van der Waals surface area contributed by atoms with Crippen LogP contribution in [0.5, 0.6) is 5.75 Å². The number of hydrazone groups is 1. The van der Waals surface area contributed by atoms with E-state index < -0.39 is 128 Å². The number of amides is 7. The zero-order valence-corrected chi connectivity index (χ0v) is 42.7. The molecule has 0 spiro atoms. The number of phenols is 1. The summed E-state index contributed by atoms with van der Waals surface area (Å²) in [4.78, 5) is 133. The van der Waals surface area contributed by atoms with Crippen LogP contribution in [0.2, 0.25) is 0 Å². The summed E-state index contributed by atoms with van der Waals surface area (Å²) >= 11 is 0. The molecule has 11 N–H and O–H groups in total. The molecule has 2 heterocycles. The predicted octanol–water partition coefficient (Wildman–Crippen LogP) is -1.21. The predicted molar refractivity (Wildman–Crippen MR) is 266 cm³/mol. The van der Waals surface area contributed by atoms with Crippen LogP contribution >= 0.6 is 0 Å². The monoisotopic (exact) mass is 1030 g/mol. The molecule has 1 saturated heterocycles. The lowest BCUT2D eigenvalue weighted by Gasteiger charge is -2.33. The highest BCUT2D eigenvalue weighted by Gasteiger charge is 2.67. The number of H-pyrrole nitrogens is 1. The fourth-order valence-electron chi connectivity index (χ4n) is 9.99. The normalized spacial score (nSPS) is 26.3. The number of Topliss-reactive ketones (excluding diaryl/α,β-unsaturated/α-hetero) is 1. The van der Waals surface area contributed by atoms with Gasteiger partial charge >= 0.3 is 0 Å². The minimum atomic E-state index is -1.69. The fraction of sp³-hybridized carbons (Fsp3) is 0.592. The highest BCUT2D eigenvalue weighted by atomic mass is 16.7. The number of aromatic hydroxyl groups is 1. The van der Waals surface area contributed by atoms with Gasteiger partial charge in [0.15, 0.2) is 10.8 Å². The number of nitro groups is 1. The summed E-state index contributed by atoms with van der Waals surface area (Å²) in [5, 5.41) is 42.6. The first-order valence-corrected chi connectivity index (χ1v) is 24.7. The molecule has 25 heteroatoms. The maximum atomic E-state index is 15.0. The molecule has 0 bridgehead atoms. The topological polar surface area (TPSA) is 358 Å². The third-order valence-electron chi connectivity index (χ3n) is 14.6. The molecule has 25 nitrogen and oxygen atoms in total. The van der Waals surface area contributed by atoms with Crippen molar-refractivity contribution in [3.63, 3.8) is 0 Å². The smallest absolute Gasteiger partial charge is 0.266 e. The van der Waals surface area contributed by atoms with Crippen molar-refractivity contribution < 1.29 is 48.5 Å². The number of nitrogens with one attached hydrogen (secondary N) is 8. The second-order valence-corrected chi connectivity index (χ2v) is 20.5. The Hall–Kier alpha value is -7.62. The number of nitrogens with two attached hydrogens (primary N) is 1. The van der Waals surface area contributed by atoms with E-state index in [9.17, 15) is 48.8 Å². The van der Waals surface area contributed by atoms with Gasteiger partial charge in [-0.1, -0.05) is 52.2 Å². The molecule has 11 atom stereocenters. The molecule has 74 heavy (non-hydrogen) atoms. The van der Waals surface area contributed by atoms with Crippen LogP contribution in [0.15, 0.2) is 41.9 Å². The summed E-state index contributed by atoms with van der Waals surface area (Å²) in [5.74, 6) is -5.98. The van der Waals surface area contributed by atoms with Crippen LogP contribution in [0.3, 0.4) is 0 Å². The number of guanidine groups is 1. The number of aromatic amines is 1. The van der Waals surface area contributed by atoms with E-state index in [1.807, 2.05) is 6.92 Å². The van der Waals surface area contributed by atoms with Gasteiger partial charge in [-0.25, -0.2) is 15.1 Å². The van der Waals surface area contributed by atoms with Crippen molar-refractivity contribution in [2.24, 2.45) is 28.6 Å². The van der Waals surface area contributed by atoms with Crippen LogP contribution in [-0.4, -0.2) is 158 Å². The van der Waals surface area contributed by atoms with Gasteiger partial charge in [0, 0.05) is 36.8 Å². The van der Waals surface area contributed by atoms with Crippen molar-refractivity contribution in [1.82, 2.24) is 57.0 Å². The van der Waals surface area contributed by atoms with Crippen molar-refractivity contribution in [2.45, 2.75) is 132 Å². The van der Waals surface area contributed by atoms with Gasteiger partial charge in [-0.2, -0.15) is 0 Å². The molecular formula is C49H68N14O11. The molecule has 4 fully saturated rings. The van der Waals surface area contributed by atoms with Crippen molar-refractivity contribution in [3.05, 3.63) is 58.2 Å². The molecule has 3 aliphatic carbocycles. The third kappa shape index (κ3) is 12.2. The molecule has 1 aliphatic heterocycles. The number of hydrogen-bond donors (Lipinski definition) is 10. The van der Waals surface area contributed by atoms with Crippen molar-refractivity contribution in [2.75, 3.05) is 33.7 Å². The number of hydrogen-bond acceptors (Lipinski definition) is 13. The molecule has 400 valence electrons. The Morgan fingerprint density at radius 3 is 2.19 bits per heavy atom. The minimum Gasteiger partial charge on any atom is -0.508 e. The van der Waals surface area contributed by atoms with E-state index >= 15 is 4.79 Å². The molecule has 4 aliphatic rings. The SMILES string of the molecule is C#C[C@@H](NC(=O)[C@@H]1CCCN1C(=O)C1(NC(=O)[C@@H](NC(=O)C2(NC(=O)[C@@H](NC(=O)C3(NC(=O)CN(C)C)C[C@@H]3CCN/C(N)=N\[N+](=O)[O-])C(C)C)C[C@@H]2c2ccc(O)cc2)C(C)CC)C[C@@H]1c1cnc[nH]1)C(C)=O. The number of aromatic nitrogens is 2. The average Bonchev–Trinajstić information content (AvgIpc) is 4.24. The van der Waals surface area contributed by atoms with Crippen molar-refractivity contribution >= 4 is 53.1 Å². The van der Waals surface area contributed by atoms with E-state index in [4.69, 9.17) is 12.2 Å². The Labute approximate surface area is 428 Å². The number of rotatable bonds is 24. The zero-order chi connectivity index (χ0) is 54.4. The molecule has 3 saturated carbocycles.